The first kappa shape index (κ1) is 24.0. The van der Waals surface area contributed by atoms with Crippen molar-refractivity contribution in [2.75, 3.05) is 0 Å². The molecule has 4 aromatic rings. The molecule has 1 saturated carbocycles. The van der Waals surface area contributed by atoms with Crippen molar-refractivity contribution in [1.29, 1.82) is 0 Å². The van der Waals surface area contributed by atoms with E-state index in [0.717, 1.165) is 22.3 Å². The average molecular weight is 511 g/mol. The van der Waals surface area contributed by atoms with Crippen LogP contribution >= 0.6 is 0 Å². The number of aliphatic hydroxyl groups is 1. The summed E-state index contributed by atoms with van der Waals surface area (Å²) in [6.45, 7) is 0. The standard InChI is InChI=1S/C28H26F4N4O/c29-20-7-9-22(10-8-20)36-25-18(17-34-36)14-23-24(35-25)6-3-4-19-15-27(37,28(30,31)32)12-11-26(19,23)16-21-5-1-2-13-33-21/h1-2,5,7-10,13-14,17,19,37H,3-4,6,11-12,15-16H2/t19-,26-,27-/m0/s1. The zero-order chi connectivity index (χ0) is 25.8. The molecule has 9 heteroatoms. The Bertz CT molecular complexity index is 1440. The number of aryl methyl sites for hydroxylation is 1. The summed E-state index contributed by atoms with van der Waals surface area (Å²) in [6.07, 6.45) is 0.483. The molecule has 1 aromatic carbocycles. The number of alkyl halides is 3. The van der Waals surface area contributed by atoms with Gasteiger partial charge >= 0.3 is 6.18 Å². The van der Waals surface area contributed by atoms with E-state index in [-0.39, 0.29) is 31.0 Å². The fourth-order valence-corrected chi connectivity index (χ4v) is 6.39. The molecule has 37 heavy (non-hydrogen) atoms. The predicted molar refractivity (Wildman–Crippen MR) is 130 cm³/mol. The lowest BCUT2D eigenvalue weighted by atomic mass is 9.56. The summed E-state index contributed by atoms with van der Waals surface area (Å²) < 4.78 is 56.9. The van der Waals surface area contributed by atoms with Gasteiger partial charge in [0.25, 0.3) is 0 Å². The van der Waals surface area contributed by atoms with Gasteiger partial charge in [-0.1, -0.05) is 6.07 Å². The summed E-state index contributed by atoms with van der Waals surface area (Å²) in [5, 5.41) is 15.9. The van der Waals surface area contributed by atoms with Crippen molar-refractivity contribution in [3.63, 3.8) is 0 Å². The van der Waals surface area contributed by atoms with Crippen molar-refractivity contribution in [1.82, 2.24) is 19.7 Å². The Morgan fingerprint density at radius 2 is 1.89 bits per heavy atom. The summed E-state index contributed by atoms with van der Waals surface area (Å²) in [7, 11) is 0. The van der Waals surface area contributed by atoms with Crippen LogP contribution < -0.4 is 0 Å². The minimum Gasteiger partial charge on any atom is -0.380 e. The van der Waals surface area contributed by atoms with Crippen molar-refractivity contribution in [2.24, 2.45) is 5.92 Å². The highest BCUT2D eigenvalue weighted by molar-refractivity contribution is 5.78. The van der Waals surface area contributed by atoms with Crippen molar-refractivity contribution in [3.8, 4) is 5.69 Å². The Hall–Kier alpha value is -3.33. The van der Waals surface area contributed by atoms with E-state index in [4.69, 9.17) is 4.98 Å². The van der Waals surface area contributed by atoms with E-state index >= 15 is 0 Å². The smallest absolute Gasteiger partial charge is 0.380 e. The number of halogens is 4. The van der Waals surface area contributed by atoms with Gasteiger partial charge in [-0.15, -0.1) is 0 Å². The molecule has 1 N–H and O–H groups in total. The zero-order valence-electron chi connectivity index (χ0n) is 20.0. The maximum Gasteiger partial charge on any atom is 0.417 e. The monoisotopic (exact) mass is 510 g/mol. The second-order valence-corrected chi connectivity index (χ2v) is 10.4. The summed E-state index contributed by atoms with van der Waals surface area (Å²) >= 11 is 0. The molecular weight excluding hydrogens is 484 g/mol. The van der Waals surface area contributed by atoms with Crippen LogP contribution in [0.4, 0.5) is 17.6 Å². The third-order valence-corrected chi connectivity index (χ3v) is 8.30. The third kappa shape index (κ3) is 4.00. The molecular formula is C28H26F4N4O. The van der Waals surface area contributed by atoms with Crippen LogP contribution in [0, 0.1) is 11.7 Å². The molecule has 2 aliphatic carbocycles. The van der Waals surface area contributed by atoms with Gasteiger partial charge in [0.05, 0.1) is 11.9 Å². The van der Waals surface area contributed by atoms with Crippen LogP contribution in [-0.4, -0.2) is 36.6 Å². The van der Waals surface area contributed by atoms with E-state index in [9.17, 15) is 22.7 Å². The SMILES string of the molecule is O[C@@]1(C(F)(F)F)CC[C@@]2(Cc3ccccn3)c3cc4cnn(-c5ccc(F)cc5)c4nc3CCC[C@H]2C1. The molecule has 5 nitrogen and oxygen atoms in total. The van der Waals surface area contributed by atoms with Crippen molar-refractivity contribution in [3.05, 3.63) is 83.7 Å². The molecule has 3 atom stereocenters. The molecule has 0 radical (unpaired) electrons. The lowest BCUT2D eigenvalue weighted by molar-refractivity contribution is -0.279. The van der Waals surface area contributed by atoms with Crippen molar-refractivity contribution in [2.45, 2.75) is 62.1 Å². The van der Waals surface area contributed by atoms with Crippen LogP contribution in [-0.2, 0) is 18.3 Å². The highest BCUT2D eigenvalue weighted by atomic mass is 19.4. The zero-order valence-corrected chi connectivity index (χ0v) is 20.0. The maximum atomic E-state index is 13.9. The Morgan fingerprint density at radius 1 is 1.08 bits per heavy atom. The van der Waals surface area contributed by atoms with Gasteiger partial charge < -0.3 is 5.11 Å². The highest BCUT2D eigenvalue weighted by Crippen LogP contribution is 2.56. The number of nitrogens with zero attached hydrogens (tertiary/aromatic N) is 4. The molecule has 6 rings (SSSR count). The first-order valence-electron chi connectivity index (χ1n) is 12.5. The van der Waals surface area contributed by atoms with Gasteiger partial charge in [-0.3, -0.25) is 4.98 Å². The molecule has 0 bridgehead atoms. The first-order valence-corrected chi connectivity index (χ1v) is 12.5. The molecule has 0 aliphatic heterocycles. The number of pyridine rings is 2. The summed E-state index contributed by atoms with van der Waals surface area (Å²) in [5.74, 6) is -0.733. The van der Waals surface area contributed by atoms with Gasteiger partial charge in [0.15, 0.2) is 11.2 Å². The van der Waals surface area contributed by atoms with Gasteiger partial charge in [-0.2, -0.15) is 18.3 Å². The minimum absolute atomic E-state index is 0.177. The van der Waals surface area contributed by atoms with Crippen LogP contribution in [0.3, 0.4) is 0 Å². The number of hydrogen-bond donors (Lipinski definition) is 1. The molecule has 0 saturated heterocycles. The van der Waals surface area contributed by atoms with Crippen LogP contribution in [0.25, 0.3) is 16.7 Å². The van der Waals surface area contributed by atoms with Crippen LogP contribution in [0.2, 0.25) is 0 Å². The molecule has 192 valence electrons. The Morgan fingerprint density at radius 3 is 2.62 bits per heavy atom. The first-order chi connectivity index (χ1) is 17.7. The molecule has 0 unspecified atom stereocenters. The minimum atomic E-state index is -4.68. The van der Waals surface area contributed by atoms with Crippen LogP contribution in [0.15, 0.2) is 60.9 Å². The van der Waals surface area contributed by atoms with Gasteiger partial charge in [-0.05, 0) is 98.9 Å². The maximum absolute atomic E-state index is 13.9. The third-order valence-electron chi connectivity index (χ3n) is 8.30. The number of hydrogen-bond acceptors (Lipinski definition) is 4. The lowest BCUT2D eigenvalue weighted by Crippen LogP contribution is -2.55. The van der Waals surface area contributed by atoms with E-state index < -0.39 is 17.2 Å². The largest absolute Gasteiger partial charge is 0.417 e. The number of aromatic nitrogens is 4. The molecule has 3 aromatic heterocycles. The Kier molecular flexibility index (Phi) is 5.60. The second-order valence-electron chi connectivity index (χ2n) is 10.4. The van der Waals surface area contributed by atoms with E-state index in [1.807, 2.05) is 24.3 Å². The topological polar surface area (TPSA) is 63.8 Å². The summed E-state index contributed by atoms with van der Waals surface area (Å²) in [4.78, 5) is 9.51. The van der Waals surface area contributed by atoms with E-state index in [1.165, 1.54) is 12.1 Å². The van der Waals surface area contributed by atoms with E-state index in [1.54, 1.807) is 29.2 Å². The molecule has 1 fully saturated rings. The fraction of sp³-hybridized carbons (Fsp3) is 0.393. The average Bonchev–Trinajstić information content (AvgIpc) is 3.22. The molecule has 2 aliphatic rings. The number of benzene rings is 1. The summed E-state index contributed by atoms with van der Waals surface area (Å²) in [6, 6.07) is 13.6. The lowest BCUT2D eigenvalue weighted by Gasteiger charge is -2.50. The molecule has 0 amide bonds. The normalized spacial score (nSPS) is 25.9. The van der Waals surface area contributed by atoms with Gasteiger partial charge in [-0.25, -0.2) is 14.1 Å². The summed E-state index contributed by atoms with van der Waals surface area (Å²) in [5.41, 5.74) is 0.534. The van der Waals surface area contributed by atoms with Crippen molar-refractivity contribution >= 4 is 11.0 Å². The van der Waals surface area contributed by atoms with Gasteiger partial charge in [0.2, 0.25) is 0 Å². The van der Waals surface area contributed by atoms with Gasteiger partial charge in [0.1, 0.15) is 5.82 Å². The number of rotatable bonds is 3. The van der Waals surface area contributed by atoms with E-state index in [0.29, 0.717) is 37.0 Å². The quantitative estimate of drug-likeness (QED) is 0.351. The second kappa shape index (κ2) is 8.62. The van der Waals surface area contributed by atoms with Crippen LogP contribution in [0.1, 0.15) is 49.1 Å². The Labute approximate surface area is 211 Å². The molecule has 3 heterocycles. The Balaban J connectivity index is 1.50. The molecule has 0 spiro atoms. The van der Waals surface area contributed by atoms with Crippen molar-refractivity contribution < 1.29 is 22.7 Å². The fourth-order valence-electron chi connectivity index (χ4n) is 6.39. The van der Waals surface area contributed by atoms with E-state index in [2.05, 4.69) is 10.1 Å². The van der Waals surface area contributed by atoms with Crippen LogP contribution in [0.5, 0.6) is 0 Å². The number of fused-ring (bicyclic) bond motifs is 4. The highest BCUT2D eigenvalue weighted by Gasteiger charge is 2.61. The predicted octanol–water partition coefficient (Wildman–Crippen LogP) is 5.86. The van der Waals surface area contributed by atoms with Gasteiger partial charge in [0, 0.05) is 28.4 Å².